The zero-order valence-electron chi connectivity index (χ0n) is 14.8. The number of aliphatic hydroxyl groups excluding tert-OH is 1. The van der Waals surface area contributed by atoms with Crippen molar-refractivity contribution >= 4 is 5.91 Å². The second-order valence-electron chi connectivity index (χ2n) is 6.76. The maximum absolute atomic E-state index is 12.0. The number of amides is 1. The van der Waals surface area contributed by atoms with E-state index in [1.165, 1.54) is 12.0 Å². The van der Waals surface area contributed by atoms with E-state index in [0.29, 0.717) is 19.0 Å². The number of ether oxygens (including phenoxy) is 1. The number of hydrogen-bond donors (Lipinski definition) is 2. The Morgan fingerprint density at radius 1 is 1.29 bits per heavy atom. The van der Waals surface area contributed by atoms with E-state index in [-0.39, 0.29) is 12.0 Å². The van der Waals surface area contributed by atoms with Crippen molar-refractivity contribution in [1.82, 2.24) is 10.2 Å². The molecule has 1 saturated carbocycles. The summed E-state index contributed by atoms with van der Waals surface area (Å²) in [5.74, 6) is 1.18. The zero-order chi connectivity index (χ0) is 17.4. The topological polar surface area (TPSA) is 61.8 Å². The fourth-order valence-electron chi connectivity index (χ4n) is 3.31. The summed E-state index contributed by atoms with van der Waals surface area (Å²) < 4.78 is 5.13. The molecule has 0 saturated heterocycles. The third-order valence-corrected chi connectivity index (χ3v) is 4.72. The molecule has 134 valence electrons. The molecule has 2 rings (SSSR count). The number of aliphatic hydroxyl groups is 1. The van der Waals surface area contributed by atoms with Gasteiger partial charge in [-0.25, -0.2) is 0 Å². The molecular weight excluding hydrogens is 304 g/mol. The van der Waals surface area contributed by atoms with Gasteiger partial charge < -0.3 is 15.2 Å². The molecule has 0 aromatic heterocycles. The number of rotatable bonds is 8. The predicted molar refractivity (Wildman–Crippen MR) is 95.2 cm³/mol. The van der Waals surface area contributed by atoms with Gasteiger partial charge in [0.15, 0.2) is 0 Å². The van der Waals surface area contributed by atoms with Gasteiger partial charge in [0.2, 0.25) is 5.91 Å². The third-order valence-electron chi connectivity index (χ3n) is 4.72. The van der Waals surface area contributed by atoms with E-state index in [2.05, 4.69) is 5.32 Å². The predicted octanol–water partition coefficient (Wildman–Crippen LogP) is 1.84. The minimum absolute atomic E-state index is 0.0383. The van der Waals surface area contributed by atoms with Crippen LogP contribution in [0.1, 0.15) is 31.2 Å². The first-order valence-electron chi connectivity index (χ1n) is 8.84. The van der Waals surface area contributed by atoms with Crippen LogP contribution in [0.3, 0.4) is 0 Å². The monoisotopic (exact) mass is 334 g/mol. The summed E-state index contributed by atoms with van der Waals surface area (Å²) >= 11 is 0. The molecule has 2 N–H and O–H groups in total. The number of likely N-dealkylation sites (N-methyl/N-ethyl adjacent to an activating group) is 1. The van der Waals surface area contributed by atoms with Crippen LogP contribution in [-0.4, -0.2) is 55.8 Å². The van der Waals surface area contributed by atoms with Crippen LogP contribution in [0.2, 0.25) is 0 Å². The van der Waals surface area contributed by atoms with E-state index in [1.54, 1.807) is 7.11 Å². The lowest BCUT2D eigenvalue weighted by Crippen LogP contribution is -2.41. The summed E-state index contributed by atoms with van der Waals surface area (Å²) in [5, 5.41) is 13.0. The number of methoxy groups -OCH3 is 1. The Morgan fingerprint density at radius 2 is 2.00 bits per heavy atom. The molecular formula is C19H30N2O3. The average Bonchev–Trinajstić information content (AvgIpc) is 2.57. The summed E-state index contributed by atoms with van der Waals surface area (Å²) in [7, 11) is 3.60. The van der Waals surface area contributed by atoms with Crippen LogP contribution in [0, 0.1) is 5.92 Å². The van der Waals surface area contributed by atoms with E-state index in [4.69, 9.17) is 4.74 Å². The summed E-state index contributed by atoms with van der Waals surface area (Å²) in [6, 6.07) is 7.89. The van der Waals surface area contributed by atoms with E-state index in [1.807, 2.05) is 36.2 Å². The second kappa shape index (κ2) is 9.64. The summed E-state index contributed by atoms with van der Waals surface area (Å²) in [6.45, 7) is 1.80. The number of nitrogens with one attached hydrogen (secondary N) is 1. The number of carbonyl (C=O) groups excluding carboxylic acids is 1. The lowest BCUT2D eigenvalue weighted by molar-refractivity contribution is -0.122. The molecule has 1 aliphatic carbocycles. The van der Waals surface area contributed by atoms with Crippen molar-refractivity contribution in [2.75, 3.05) is 33.8 Å². The third kappa shape index (κ3) is 6.13. The van der Waals surface area contributed by atoms with Gasteiger partial charge in [-0.15, -0.1) is 0 Å². The summed E-state index contributed by atoms with van der Waals surface area (Å²) in [4.78, 5) is 14.0. The van der Waals surface area contributed by atoms with Crippen LogP contribution in [0.5, 0.6) is 5.75 Å². The van der Waals surface area contributed by atoms with E-state index in [9.17, 15) is 9.90 Å². The Morgan fingerprint density at radius 3 is 2.67 bits per heavy atom. The number of benzene rings is 1. The van der Waals surface area contributed by atoms with Crippen molar-refractivity contribution in [2.45, 2.75) is 38.2 Å². The van der Waals surface area contributed by atoms with Crippen LogP contribution in [-0.2, 0) is 11.2 Å². The summed E-state index contributed by atoms with van der Waals surface area (Å²) in [6.07, 6.45) is 4.86. The molecule has 1 amide bonds. The van der Waals surface area contributed by atoms with E-state index < -0.39 is 0 Å². The maximum atomic E-state index is 12.0. The van der Waals surface area contributed by atoms with Gasteiger partial charge in [0.1, 0.15) is 5.75 Å². The zero-order valence-corrected chi connectivity index (χ0v) is 14.8. The molecule has 2 atom stereocenters. The van der Waals surface area contributed by atoms with Crippen molar-refractivity contribution in [3.63, 3.8) is 0 Å². The molecule has 0 bridgehead atoms. The highest BCUT2D eigenvalue weighted by Crippen LogP contribution is 2.24. The molecule has 2 unspecified atom stereocenters. The van der Waals surface area contributed by atoms with Crippen LogP contribution >= 0.6 is 0 Å². The molecule has 24 heavy (non-hydrogen) atoms. The highest BCUT2D eigenvalue weighted by atomic mass is 16.5. The van der Waals surface area contributed by atoms with Gasteiger partial charge in [0.05, 0.1) is 19.8 Å². The van der Waals surface area contributed by atoms with Gasteiger partial charge in [-0.05, 0) is 49.9 Å². The van der Waals surface area contributed by atoms with Crippen LogP contribution in [0.25, 0.3) is 0 Å². The summed E-state index contributed by atoms with van der Waals surface area (Å²) in [5.41, 5.74) is 1.18. The lowest BCUT2D eigenvalue weighted by Gasteiger charge is -2.30. The van der Waals surface area contributed by atoms with Crippen LogP contribution in [0.15, 0.2) is 24.3 Å². The van der Waals surface area contributed by atoms with Crippen LogP contribution < -0.4 is 10.1 Å². The molecule has 5 heteroatoms. The Kier molecular flexibility index (Phi) is 7.53. The molecule has 1 aromatic carbocycles. The Bertz CT molecular complexity index is 504. The maximum Gasteiger partial charge on any atom is 0.234 e. The van der Waals surface area contributed by atoms with Gasteiger partial charge in [-0.2, -0.15) is 0 Å². The number of hydrogen-bond acceptors (Lipinski definition) is 4. The van der Waals surface area contributed by atoms with Crippen molar-refractivity contribution < 1.29 is 14.6 Å². The smallest absolute Gasteiger partial charge is 0.234 e. The number of nitrogens with zero attached hydrogens (tertiary/aromatic N) is 1. The van der Waals surface area contributed by atoms with Crippen LogP contribution in [0.4, 0.5) is 0 Å². The highest BCUT2D eigenvalue weighted by Gasteiger charge is 2.24. The van der Waals surface area contributed by atoms with Gasteiger partial charge in [-0.3, -0.25) is 9.69 Å². The average molecular weight is 334 g/mol. The van der Waals surface area contributed by atoms with E-state index in [0.717, 1.165) is 38.0 Å². The number of carbonyl (C=O) groups is 1. The Balaban J connectivity index is 1.64. The molecule has 0 aliphatic heterocycles. The second-order valence-corrected chi connectivity index (χ2v) is 6.76. The first-order valence-corrected chi connectivity index (χ1v) is 8.84. The van der Waals surface area contributed by atoms with Crippen molar-refractivity contribution in [3.8, 4) is 5.75 Å². The standard InChI is InChI=1S/C19H30N2O3/c1-21(13-16-5-3-4-6-18(16)22)14-19(23)20-12-11-15-7-9-17(24-2)10-8-15/h7-10,16,18,22H,3-6,11-14H2,1-2H3,(H,20,23). The highest BCUT2D eigenvalue weighted by molar-refractivity contribution is 5.77. The van der Waals surface area contributed by atoms with Crippen molar-refractivity contribution in [3.05, 3.63) is 29.8 Å². The fraction of sp³-hybridized carbons (Fsp3) is 0.632. The van der Waals surface area contributed by atoms with Gasteiger partial charge >= 0.3 is 0 Å². The van der Waals surface area contributed by atoms with Crippen molar-refractivity contribution in [2.24, 2.45) is 5.92 Å². The van der Waals surface area contributed by atoms with Gasteiger partial charge in [0, 0.05) is 13.1 Å². The SMILES string of the molecule is COc1ccc(CCNC(=O)CN(C)CC2CCCCC2O)cc1. The minimum Gasteiger partial charge on any atom is -0.497 e. The van der Waals surface area contributed by atoms with Gasteiger partial charge in [0.25, 0.3) is 0 Å². The fourth-order valence-corrected chi connectivity index (χ4v) is 3.31. The molecule has 1 aliphatic rings. The largest absolute Gasteiger partial charge is 0.497 e. The lowest BCUT2D eigenvalue weighted by atomic mass is 9.86. The molecule has 0 heterocycles. The normalized spacial score (nSPS) is 20.8. The first kappa shape index (κ1) is 18.7. The van der Waals surface area contributed by atoms with E-state index >= 15 is 0 Å². The minimum atomic E-state index is -0.209. The quantitative estimate of drug-likeness (QED) is 0.761. The molecule has 0 radical (unpaired) electrons. The molecule has 5 nitrogen and oxygen atoms in total. The van der Waals surface area contributed by atoms with Crippen molar-refractivity contribution in [1.29, 1.82) is 0 Å². The Hall–Kier alpha value is -1.59. The first-order chi connectivity index (χ1) is 11.6. The molecule has 0 spiro atoms. The van der Waals surface area contributed by atoms with Gasteiger partial charge in [-0.1, -0.05) is 25.0 Å². The molecule has 1 aromatic rings. The molecule has 1 fully saturated rings. The Labute approximate surface area is 145 Å².